The zero-order valence-electron chi connectivity index (χ0n) is 15.2. The lowest BCUT2D eigenvalue weighted by molar-refractivity contribution is -0.137. The summed E-state index contributed by atoms with van der Waals surface area (Å²) in [7, 11) is 0. The van der Waals surface area contributed by atoms with Crippen LogP contribution in [0.3, 0.4) is 0 Å². The number of aliphatic carboxylic acids is 1. The predicted molar refractivity (Wildman–Crippen MR) is 97.9 cm³/mol. The van der Waals surface area contributed by atoms with Gasteiger partial charge in [0.2, 0.25) is 0 Å². The van der Waals surface area contributed by atoms with Crippen LogP contribution in [0.2, 0.25) is 0 Å². The van der Waals surface area contributed by atoms with Gasteiger partial charge in [-0.1, -0.05) is 64.0 Å². The summed E-state index contributed by atoms with van der Waals surface area (Å²) in [6.07, 6.45) is 20.2. The Hall–Kier alpha value is -0.830. The lowest BCUT2D eigenvalue weighted by atomic mass is 10.1. The van der Waals surface area contributed by atoms with E-state index in [-0.39, 0.29) is 6.42 Å². The van der Waals surface area contributed by atoms with E-state index in [4.69, 9.17) is 9.84 Å². The van der Waals surface area contributed by atoms with E-state index in [0.29, 0.717) is 0 Å². The largest absolute Gasteiger partial charge is 0.481 e. The van der Waals surface area contributed by atoms with Crippen molar-refractivity contribution in [3.05, 3.63) is 12.2 Å². The van der Waals surface area contributed by atoms with Crippen LogP contribution < -0.4 is 0 Å². The minimum absolute atomic E-state index is 0.285. The second kappa shape index (κ2) is 19.2. The number of hydrogen-bond donors (Lipinski definition) is 1. The molecule has 136 valence electrons. The normalized spacial score (nSPS) is 11.3. The number of allylic oxidation sites excluding steroid dienone is 2. The minimum atomic E-state index is -0.694. The number of ether oxygens (including phenoxy) is 1. The molecule has 0 aromatic heterocycles. The summed E-state index contributed by atoms with van der Waals surface area (Å²) in [5.41, 5.74) is 0. The summed E-state index contributed by atoms with van der Waals surface area (Å²) in [6.45, 7) is 4.11. The SMILES string of the molecule is CCCCCCOCCCCCCCC/C=C\CCCC(=O)O. The molecule has 0 atom stereocenters. The highest BCUT2D eigenvalue weighted by Gasteiger charge is 1.94. The van der Waals surface area contributed by atoms with Crippen LogP contribution in [-0.4, -0.2) is 24.3 Å². The Morgan fingerprint density at radius 1 is 0.783 bits per heavy atom. The summed E-state index contributed by atoms with van der Waals surface area (Å²) in [6, 6.07) is 0. The van der Waals surface area contributed by atoms with Gasteiger partial charge in [-0.15, -0.1) is 0 Å². The van der Waals surface area contributed by atoms with Gasteiger partial charge in [-0.05, 0) is 38.5 Å². The zero-order valence-corrected chi connectivity index (χ0v) is 15.2. The quantitative estimate of drug-likeness (QED) is 0.243. The molecule has 0 aliphatic carbocycles. The molecule has 0 unspecified atom stereocenters. The van der Waals surface area contributed by atoms with Gasteiger partial charge in [0.05, 0.1) is 0 Å². The molecule has 0 saturated carbocycles. The highest BCUT2D eigenvalue weighted by molar-refractivity contribution is 5.66. The van der Waals surface area contributed by atoms with Crippen molar-refractivity contribution in [2.45, 2.75) is 96.8 Å². The smallest absolute Gasteiger partial charge is 0.303 e. The van der Waals surface area contributed by atoms with Crippen LogP contribution in [0, 0.1) is 0 Å². The maximum Gasteiger partial charge on any atom is 0.303 e. The first-order valence-electron chi connectivity index (χ1n) is 9.72. The Kier molecular flexibility index (Phi) is 18.5. The van der Waals surface area contributed by atoms with Crippen LogP contribution in [0.4, 0.5) is 0 Å². The van der Waals surface area contributed by atoms with E-state index < -0.39 is 5.97 Å². The van der Waals surface area contributed by atoms with Gasteiger partial charge in [0.15, 0.2) is 0 Å². The molecular formula is C20H38O3. The third-order valence-electron chi connectivity index (χ3n) is 3.98. The average Bonchev–Trinajstić information content (AvgIpc) is 2.53. The highest BCUT2D eigenvalue weighted by Crippen LogP contribution is 2.08. The maximum atomic E-state index is 10.3. The van der Waals surface area contributed by atoms with Gasteiger partial charge in [-0.2, -0.15) is 0 Å². The van der Waals surface area contributed by atoms with E-state index in [1.54, 1.807) is 0 Å². The number of carboxylic acid groups (broad SMARTS) is 1. The van der Waals surface area contributed by atoms with Crippen molar-refractivity contribution in [3.8, 4) is 0 Å². The minimum Gasteiger partial charge on any atom is -0.481 e. The van der Waals surface area contributed by atoms with E-state index in [1.165, 1.54) is 64.2 Å². The predicted octanol–water partition coefficient (Wildman–Crippen LogP) is 6.13. The second-order valence-corrected chi connectivity index (χ2v) is 6.34. The summed E-state index contributed by atoms with van der Waals surface area (Å²) in [4.78, 5) is 10.3. The number of unbranched alkanes of at least 4 members (excludes halogenated alkanes) is 10. The number of hydrogen-bond acceptors (Lipinski definition) is 2. The molecule has 23 heavy (non-hydrogen) atoms. The molecule has 0 radical (unpaired) electrons. The molecule has 0 amide bonds. The second-order valence-electron chi connectivity index (χ2n) is 6.34. The van der Waals surface area contributed by atoms with Crippen molar-refractivity contribution in [3.63, 3.8) is 0 Å². The number of carboxylic acids is 1. The lowest BCUT2D eigenvalue weighted by Crippen LogP contribution is -1.97. The van der Waals surface area contributed by atoms with Crippen molar-refractivity contribution < 1.29 is 14.6 Å². The van der Waals surface area contributed by atoms with Crippen LogP contribution >= 0.6 is 0 Å². The third-order valence-corrected chi connectivity index (χ3v) is 3.98. The van der Waals surface area contributed by atoms with Gasteiger partial charge < -0.3 is 9.84 Å². The molecule has 0 fully saturated rings. The van der Waals surface area contributed by atoms with Crippen LogP contribution in [0.15, 0.2) is 12.2 Å². The molecule has 1 N–H and O–H groups in total. The highest BCUT2D eigenvalue weighted by atomic mass is 16.5. The number of rotatable bonds is 18. The van der Waals surface area contributed by atoms with Gasteiger partial charge in [0.25, 0.3) is 0 Å². The first-order chi connectivity index (χ1) is 11.3. The van der Waals surface area contributed by atoms with Crippen molar-refractivity contribution in [1.82, 2.24) is 0 Å². The molecular weight excluding hydrogens is 288 g/mol. The summed E-state index contributed by atoms with van der Waals surface area (Å²) < 4.78 is 5.64. The van der Waals surface area contributed by atoms with Crippen LogP contribution in [0.1, 0.15) is 96.8 Å². The van der Waals surface area contributed by atoms with E-state index >= 15 is 0 Å². The summed E-state index contributed by atoms with van der Waals surface area (Å²) >= 11 is 0. The van der Waals surface area contributed by atoms with E-state index in [1.807, 2.05) is 0 Å². The molecule has 0 aromatic carbocycles. The van der Waals surface area contributed by atoms with Crippen LogP contribution in [0.25, 0.3) is 0 Å². The van der Waals surface area contributed by atoms with Gasteiger partial charge >= 0.3 is 5.97 Å². The van der Waals surface area contributed by atoms with Crippen molar-refractivity contribution in [1.29, 1.82) is 0 Å². The van der Waals surface area contributed by atoms with Crippen molar-refractivity contribution in [2.24, 2.45) is 0 Å². The third kappa shape index (κ3) is 21.2. The molecule has 0 bridgehead atoms. The first-order valence-corrected chi connectivity index (χ1v) is 9.72. The van der Waals surface area contributed by atoms with Gasteiger partial charge in [-0.25, -0.2) is 0 Å². The van der Waals surface area contributed by atoms with Crippen molar-refractivity contribution in [2.75, 3.05) is 13.2 Å². The standard InChI is InChI=1S/C20H38O3/c1-2-3-4-15-18-23-19-16-13-11-9-7-5-6-8-10-12-14-17-20(21)22/h8,10H,2-7,9,11-19H2,1H3,(H,21,22)/b10-8-. The summed E-state index contributed by atoms with van der Waals surface area (Å²) in [5, 5.41) is 8.52. The fourth-order valence-electron chi connectivity index (χ4n) is 2.51. The van der Waals surface area contributed by atoms with Gasteiger partial charge in [0.1, 0.15) is 0 Å². The Morgan fingerprint density at radius 2 is 1.30 bits per heavy atom. The Morgan fingerprint density at radius 3 is 1.91 bits per heavy atom. The van der Waals surface area contributed by atoms with Crippen molar-refractivity contribution >= 4 is 5.97 Å². The van der Waals surface area contributed by atoms with E-state index in [2.05, 4.69) is 19.1 Å². The Labute approximate surface area is 143 Å². The average molecular weight is 327 g/mol. The number of carbonyl (C=O) groups is 1. The molecule has 0 heterocycles. The van der Waals surface area contributed by atoms with Gasteiger partial charge in [-0.3, -0.25) is 4.79 Å². The Balaban J connectivity index is 3.05. The topological polar surface area (TPSA) is 46.5 Å². The molecule has 0 aromatic rings. The molecule has 3 nitrogen and oxygen atoms in total. The fraction of sp³-hybridized carbons (Fsp3) is 0.850. The molecule has 0 aliphatic heterocycles. The van der Waals surface area contributed by atoms with Crippen LogP contribution in [0.5, 0.6) is 0 Å². The fourth-order valence-corrected chi connectivity index (χ4v) is 2.51. The van der Waals surface area contributed by atoms with Crippen LogP contribution in [-0.2, 0) is 9.53 Å². The first kappa shape index (κ1) is 22.2. The lowest BCUT2D eigenvalue weighted by Gasteiger charge is -2.04. The maximum absolute atomic E-state index is 10.3. The van der Waals surface area contributed by atoms with E-state index in [9.17, 15) is 4.79 Å². The molecule has 0 saturated heterocycles. The molecule has 3 heteroatoms. The Bertz CT molecular complexity index is 274. The monoisotopic (exact) mass is 326 g/mol. The van der Waals surface area contributed by atoms with Gasteiger partial charge in [0, 0.05) is 19.6 Å². The molecule has 0 aliphatic rings. The van der Waals surface area contributed by atoms with E-state index in [0.717, 1.165) is 32.5 Å². The molecule has 0 rings (SSSR count). The summed E-state index contributed by atoms with van der Waals surface area (Å²) in [5.74, 6) is -0.694. The zero-order chi connectivity index (χ0) is 17.0. The molecule has 0 spiro atoms.